The minimum atomic E-state index is -4.64. The van der Waals surface area contributed by atoms with Crippen LogP contribution in [0.15, 0.2) is 18.2 Å². The molecule has 0 spiro atoms. The minimum Gasteiger partial charge on any atom is -0.346 e. The van der Waals surface area contributed by atoms with Crippen LogP contribution in [0.25, 0.3) is 0 Å². The van der Waals surface area contributed by atoms with E-state index in [4.69, 9.17) is 0 Å². The molecule has 103 valence electrons. The van der Waals surface area contributed by atoms with Crippen LogP contribution in [0.2, 0.25) is 0 Å². The Morgan fingerprint density at radius 3 is 2.53 bits per heavy atom. The lowest BCUT2D eigenvalue weighted by Crippen LogP contribution is -2.34. The first-order valence-electron chi connectivity index (χ1n) is 5.26. The number of hydrogen-bond acceptors (Lipinski definition) is 2. The Balaban J connectivity index is 2.81. The molecular weight excluding hydrogens is 266 g/mol. The van der Waals surface area contributed by atoms with Gasteiger partial charge in [-0.1, -0.05) is 6.07 Å². The molecule has 0 saturated heterocycles. The lowest BCUT2D eigenvalue weighted by Gasteiger charge is -2.10. The van der Waals surface area contributed by atoms with Gasteiger partial charge in [0, 0.05) is 0 Å². The van der Waals surface area contributed by atoms with E-state index in [2.05, 4.69) is 5.32 Å². The highest BCUT2D eigenvalue weighted by Crippen LogP contribution is 2.30. The molecule has 1 amide bonds. The van der Waals surface area contributed by atoms with E-state index in [9.17, 15) is 27.2 Å². The van der Waals surface area contributed by atoms with E-state index in [1.807, 2.05) is 0 Å². The van der Waals surface area contributed by atoms with Crippen LogP contribution < -0.4 is 5.32 Å². The number of nitrogens with one attached hydrogen (secondary N) is 1. The summed E-state index contributed by atoms with van der Waals surface area (Å²) in [4.78, 5) is 21.5. The Bertz CT molecular complexity index is 485. The fourth-order valence-corrected chi connectivity index (χ4v) is 1.36. The molecule has 7 heteroatoms. The van der Waals surface area contributed by atoms with Crippen molar-refractivity contribution in [2.75, 3.05) is 0 Å². The lowest BCUT2D eigenvalue weighted by molar-refractivity contribution is -0.137. The minimum absolute atomic E-state index is 0.177. The smallest absolute Gasteiger partial charge is 0.346 e. The van der Waals surface area contributed by atoms with Crippen LogP contribution in [0.5, 0.6) is 0 Å². The van der Waals surface area contributed by atoms with E-state index < -0.39 is 35.9 Å². The summed E-state index contributed by atoms with van der Waals surface area (Å²) in [6.07, 6.45) is -3.58. The molecule has 0 fully saturated rings. The highest BCUT2D eigenvalue weighted by atomic mass is 19.4. The Morgan fingerprint density at radius 1 is 1.42 bits per heavy atom. The van der Waals surface area contributed by atoms with Gasteiger partial charge in [-0.2, -0.15) is 13.2 Å². The first kappa shape index (κ1) is 15.1. The maximum atomic E-state index is 13.4. The zero-order valence-corrected chi connectivity index (χ0v) is 9.84. The molecule has 0 heterocycles. The zero-order chi connectivity index (χ0) is 14.6. The summed E-state index contributed by atoms with van der Waals surface area (Å²) in [5.74, 6) is -1.79. The number of halogens is 4. The van der Waals surface area contributed by atoms with Crippen molar-refractivity contribution < 1.29 is 27.2 Å². The van der Waals surface area contributed by atoms with Gasteiger partial charge in [0.2, 0.25) is 12.2 Å². The Labute approximate surface area is 106 Å². The second kappa shape index (κ2) is 5.81. The molecular formula is C12H10F4NO2. The monoisotopic (exact) mass is 276 g/mol. The SMILES string of the molecule is C[C@@H]([C]=O)NC(=O)Cc1ccc(C(F)(F)F)cc1F. The third-order valence-corrected chi connectivity index (χ3v) is 2.29. The number of carbonyl (C=O) groups is 1. The van der Waals surface area contributed by atoms with E-state index in [1.54, 1.807) is 0 Å². The van der Waals surface area contributed by atoms with Crippen LogP contribution in [0, 0.1) is 5.82 Å². The van der Waals surface area contributed by atoms with E-state index in [0.717, 1.165) is 6.07 Å². The molecule has 1 rings (SSSR count). The summed E-state index contributed by atoms with van der Waals surface area (Å²) in [5, 5.41) is 2.20. The van der Waals surface area contributed by atoms with Gasteiger partial charge in [-0.15, -0.1) is 0 Å². The van der Waals surface area contributed by atoms with Crippen molar-refractivity contribution in [2.24, 2.45) is 0 Å². The predicted molar refractivity (Wildman–Crippen MR) is 58.4 cm³/mol. The summed E-state index contributed by atoms with van der Waals surface area (Å²) in [7, 11) is 0. The average Bonchev–Trinajstić information content (AvgIpc) is 2.30. The van der Waals surface area contributed by atoms with Crippen molar-refractivity contribution in [3.05, 3.63) is 35.1 Å². The highest BCUT2D eigenvalue weighted by molar-refractivity contribution is 5.81. The molecule has 0 aromatic heterocycles. The Kier molecular flexibility index (Phi) is 4.63. The maximum absolute atomic E-state index is 13.4. The van der Waals surface area contributed by atoms with Crippen LogP contribution in [0.1, 0.15) is 18.1 Å². The van der Waals surface area contributed by atoms with Crippen LogP contribution in [0.3, 0.4) is 0 Å². The van der Waals surface area contributed by atoms with E-state index in [1.165, 1.54) is 13.2 Å². The van der Waals surface area contributed by atoms with Crippen LogP contribution in [-0.2, 0) is 22.2 Å². The summed E-state index contributed by atoms with van der Waals surface area (Å²) in [6.45, 7) is 1.37. The van der Waals surface area contributed by atoms with Crippen molar-refractivity contribution in [3.8, 4) is 0 Å². The van der Waals surface area contributed by atoms with Gasteiger partial charge >= 0.3 is 6.18 Å². The first-order valence-corrected chi connectivity index (χ1v) is 5.26. The summed E-state index contributed by atoms with van der Waals surface area (Å²) < 4.78 is 50.3. The fourth-order valence-electron chi connectivity index (χ4n) is 1.36. The number of alkyl halides is 3. The normalized spacial score (nSPS) is 12.9. The fraction of sp³-hybridized carbons (Fsp3) is 0.333. The van der Waals surface area contributed by atoms with Gasteiger partial charge in [-0.05, 0) is 24.6 Å². The van der Waals surface area contributed by atoms with Crippen LogP contribution >= 0.6 is 0 Å². The van der Waals surface area contributed by atoms with E-state index >= 15 is 0 Å². The van der Waals surface area contributed by atoms with Crippen molar-refractivity contribution in [2.45, 2.75) is 25.6 Å². The third-order valence-electron chi connectivity index (χ3n) is 2.29. The topological polar surface area (TPSA) is 46.2 Å². The molecule has 0 unspecified atom stereocenters. The van der Waals surface area contributed by atoms with Gasteiger partial charge < -0.3 is 5.32 Å². The summed E-state index contributed by atoms with van der Waals surface area (Å²) in [5.41, 5.74) is -1.30. The van der Waals surface area contributed by atoms with Crippen LogP contribution in [-0.4, -0.2) is 18.2 Å². The largest absolute Gasteiger partial charge is 0.416 e. The maximum Gasteiger partial charge on any atom is 0.416 e. The van der Waals surface area contributed by atoms with Gasteiger partial charge in [0.1, 0.15) is 5.82 Å². The molecule has 0 aliphatic rings. The van der Waals surface area contributed by atoms with Gasteiger partial charge in [0.05, 0.1) is 18.0 Å². The zero-order valence-electron chi connectivity index (χ0n) is 9.84. The summed E-state index contributed by atoms with van der Waals surface area (Å²) in [6, 6.07) is 1.07. The molecule has 0 aliphatic heterocycles. The van der Waals surface area contributed by atoms with Crippen molar-refractivity contribution >= 4 is 12.2 Å². The highest BCUT2D eigenvalue weighted by Gasteiger charge is 2.31. The van der Waals surface area contributed by atoms with Crippen molar-refractivity contribution in [1.82, 2.24) is 5.32 Å². The van der Waals surface area contributed by atoms with Gasteiger partial charge in [0.25, 0.3) is 0 Å². The molecule has 1 aromatic carbocycles. The second-order valence-electron chi connectivity index (χ2n) is 3.89. The molecule has 0 aliphatic carbocycles. The third kappa shape index (κ3) is 4.35. The molecule has 1 radical (unpaired) electrons. The van der Waals surface area contributed by atoms with E-state index in [-0.39, 0.29) is 5.56 Å². The number of amides is 1. The van der Waals surface area contributed by atoms with Gasteiger partial charge in [0.15, 0.2) is 0 Å². The number of benzene rings is 1. The second-order valence-corrected chi connectivity index (χ2v) is 3.89. The Morgan fingerprint density at radius 2 is 2.05 bits per heavy atom. The number of carbonyl (C=O) groups excluding carboxylic acids is 2. The van der Waals surface area contributed by atoms with Gasteiger partial charge in [-0.3, -0.25) is 9.59 Å². The van der Waals surface area contributed by atoms with Crippen molar-refractivity contribution in [1.29, 1.82) is 0 Å². The lowest BCUT2D eigenvalue weighted by atomic mass is 10.1. The molecule has 3 nitrogen and oxygen atoms in total. The van der Waals surface area contributed by atoms with Crippen LogP contribution in [0.4, 0.5) is 17.6 Å². The quantitative estimate of drug-likeness (QED) is 0.855. The standard InChI is InChI=1S/C12H10F4NO2/c1-7(6-18)17-11(19)4-8-2-3-9(5-10(8)13)12(14,15)16/h2-3,5,7H,4H2,1H3,(H,17,19)/t7-/m0/s1. The van der Waals surface area contributed by atoms with E-state index in [0.29, 0.717) is 12.1 Å². The molecule has 1 atom stereocenters. The number of rotatable bonds is 4. The first-order chi connectivity index (χ1) is 8.74. The summed E-state index contributed by atoms with van der Waals surface area (Å²) >= 11 is 0. The average molecular weight is 276 g/mol. The number of hydrogen-bond donors (Lipinski definition) is 1. The molecule has 0 saturated carbocycles. The van der Waals surface area contributed by atoms with Gasteiger partial charge in [-0.25, -0.2) is 4.39 Å². The molecule has 1 N–H and O–H groups in total. The van der Waals surface area contributed by atoms with Crippen molar-refractivity contribution in [3.63, 3.8) is 0 Å². The predicted octanol–water partition coefficient (Wildman–Crippen LogP) is 2.00. The molecule has 0 bridgehead atoms. The molecule has 1 aromatic rings. The molecule has 19 heavy (non-hydrogen) atoms. The Hall–Kier alpha value is -1.92.